The molecule has 1 aromatic heterocycles. The number of para-hydroxylation sites is 1. The number of aromatic nitrogens is 2. The first kappa shape index (κ1) is 17.7. The Bertz CT molecular complexity index is 1130. The summed E-state index contributed by atoms with van der Waals surface area (Å²) in [6, 6.07) is 24.9. The number of anilines is 2. The predicted molar refractivity (Wildman–Crippen MR) is 111 cm³/mol. The summed E-state index contributed by atoms with van der Waals surface area (Å²) in [6.45, 7) is 2.13. The smallest absolute Gasteiger partial charge is 0.338 e. The van der Waals surface area contributed by atoms with Crippen LogP contribution >= 0.6 is 0 Å². The number of hydrogen-bond acceptors (Lipinski definition) is 5. The van der Waals surface area contributed by atoms with E-state index in [9.17, 15) is 4.79 Å². The number of hydrogen-bond donors (Lipinski definition) is 1. The molecule has 28 heavy (non-hydrogen) atoms. The van der Waals surface area contributed by atoms with Crippen LogP contribution in [-0.2, 0) is 4.74 Å². The maximum Gasteiger partial charge on any atom is 0.338 e. The van der Waals surface area contributed by atoms with Gasteiger partial charge in [-0.3, -0.25) is 0 Å². The summed E-state index contributed by atoms with van der Waals surface area (Å²) >= 11 is 0. The van der Waals surface area contributed by atoms with Gasteiger partial charge in [-0.1, -0.05) is 48.5 Å². The van der Waals surface area contributed by atoms with Crippen molar-refractivity contribution < 1.29 is 9.53 Å². The topological polar surface area (TPSA) is 64.1 Å². The minimum absolute atomic E-state index is 0.341. The molecule has 0 spiro atoms. The molecule has 3 aromatic carbocycles. The lowest BCUT2D eigenvalue weighted by Gasteiger charge is -2.12. The van der Waals surface area contributed by atoms with E-state index in [1.54, 1.807) is 19.1 Å². The van der Waals surface area contributed by atoms with E-state index in [-0.39, 0.29) is 5.97 Å². The van der Waals surface area contributed by atoms with E-state index in [1.165, 1.54) is 0 Å². The summed E-state index contributed by atoms with van der Waals surface area (Å²) in [4.78, 5) is 21.5. The second kappa shape index (κ2) is 7.88. The number of nitrogens with zero attached hydrogens (tertiary/aromatic N) is 2. The molecule has 0 saturated heterocycles. The van der Waals surface area contributed by atoms with Gasteiger partial charge in [-0.25, -0.2) is 14.8 Å². The molecule has 0 bridgehead atoms. The summed E-state index contributed by atoms with van der Waals surface area (Å²) in [6.07, 6.45) is 0. The fraction of sp³-hybridized carbons (Fsp3) is 0.0870. The molecule has 5 heteroatoms. The Labute approximate surface area is 163 Å². The van der Waals surface area contributed by atoms with E-state index in [0.29, 0.717) is 23.8 Å². The molecule has 4 aromatic rings. The fourth-order valence-corrected chi connectivity index (χ4v) is 2.96. The number of fused-ring (bicyclic) bond motifs is 1. The number of benzene rings is 3. The highest BCUT2D eigenvalue weighted by Crippen LogP contribution is 2.27. The van der Waals surface area contributed by atoms with Crippen LogP contribution in [0.4, 0.5) is 11.5 Å². The molecule has 4 rings (SSSR count). The van der Waals surface area contributed by atoms with E-state index in [2.05, 4.69) is 5.32 Å². The molecule has 0 aliphatic heterocycles. The molecule has 1 heterocycles. The van der Waals surface area contributed by atoms with Gasteiger partial charge in [0.2, 0.25) is 0 Å². The number of carbonyl (C=O) groups is 1. The molecule has 0 unspecified atom stereocenters. The Balaban J connectivity index is 1.76. The molecule has 1 N–H and O–H groups in total. The van der Waals surface area contributed by atoms with Crippen LogP contribution in [0.15, 0.2) is 78.9 Å². The number of rotatable bonds is 5. The zero-order valence-corrected chi connectivity index (χ0v) is 15.4. The molecule has 0 aliphatic carbocycles. The molecule has 0 fully saturated rings. The van der Waals surface area contributed by atoms with Gasteiger partial charge in [0.1, 0.15) is 5.82 Å². The van der Waals surface area contributed by atoms with Crippen molar-refractivity contribution >= 4 is 28.4 Å². The number of ether oxygens (including phenoxy) is 1. The van der Waals surface area contributed by atoms with Crippen LogP contribution in [0.3, 0.4) is 0 Å². The molecule has 0 aliphatic rings. The Hall–Kier alpha value is -3.73. The molecular formula is C23H19N3O2. The van der Waals surface area contributed by atoms with Gasteiger partial charge in [-0.2, -0.15) is 0 Å². The van der Waals surface area contributed by atoms with Crippen LogP contribution < -0.4 is 5.32 Å². The van der Waals surface area contributed by atoms with Gasteiger partial charge in [0.25, 0.3) is 0 Å². The van der Waals surface area contributed by atoms with E-state index >= 15 is 0 Å². The maximum absolute atomic E-state index is 12.0. The first-order valence-corrected chi connectivity index (χ1v) is 9.11. The van der Waals surface area contributed by atoms with Gasteiger partial charge in [0, 0.05) is 16.6 Å². The summed E-state index contributed by atoms with van der Waals surface area (Å²) in [7, 11) is 0. The van der Waals surface area contributed by atoms with Crippen molar-refractivity contribution in [3.8, 4) is 11.4 Å². The van der Waals surface area contributed by atoms with Crippen molar-refractivity contribution in [2.45, 2.75) is 6.92 Å². The number of esters is 1. The minimum atomic E-state index is -0.344. The Morgan fingerprint density at radius 3 is 2.54 bits per heavy atom. The molecule has 0 atom stereocenters. The highest BCUT2D eigenvalue weighted by Gasteiger charge is 2.11. The van der Waals surface area contributed by atoms with E-state index in [1.807, 2.05) is 66.7 Å². The average molecular weight is 369 g/mol. The van der Waals surface area contributed by atoms with Crippen molar-refractivity contribution in [2.24, 2.45) is 0 Å². The molecule has 5 nitrogen and oxygen atoms in total. The van der Waals surface area contributed by atoms with Gasteiger partial charge in [0.15, 0.2) is 5.82 Å². The number of carbonyl (C=O) groups excluding carboxylic acids is 1. The first-order valence-electron chi connectivity index (χ1n) is 9.11. The molecule has 0 radical (unpaired) electrons. The van der Waals surface area contributed by atoms with Gasteiger partial charge >= 0.3 is 5.97 Å². The normalized spacial score (nSPS) is 10.6. The van der Waals surface area contributed by atoms with E-state index in [4.69, 9.17) is 14.7 Å². The Kier molecular flexibility index (Phi) is 4.97. The van der Waals surface area contributed by atoms with Crippen molar-refractivity contribution in [3.63, 3.8) is 0 Å². The third-order valence-electron chi connectivity index (χ3n) is 4.27. The summed E-state index contributed by atoms with van der Waals surface area (Å²) in [5.74, 6) is 0.984. The summed E-state index contributed by atoms with van der Waals surface area (Å²) < 4.78 is 5.09. The van der Waals surface area contributed by atoms with Gasteiger partial charge in [-0.15, -0.1) is 0 Å². The number of nitrogens with one attached hydrogen (secondary N) is 1. The second-order valence-corrected chi connectivity index (χ2v) is 6.21. The second-order valence-electron chi connectivity index (χ2n) is 6.21. The largest absolute Gasteiger partial charge is 0.462 e. The quantitative estimate of drug-likeness (QED) is 0.489. The minimum Gasteiger partial charge on any atom is -0.462 e. The van der Waals surface area contributed by atoms with E-state index in [0.717, 1.165) is 22.2 Å². The van der Waals surface area contributed by atoms with Crippen LogP contribution in [0.5, 0.6) is 0 Å². The Morgan fingerprint density at radius 2 is 1.71 bits per heavy atom. The van der Waals surface area contributed by atoms with Crippen LogP contribution in [0.25, 0.3) is 22.3 Å². The van der Waals surface area contributed by atoms with Gasteiger partial charge in [-0.05, 0) is 37.3 Å². The lowest BCUT2D eigenvalue weighted by molar-refractivity contribution is 0.0526. The molecular weight excluding hydrogens is 350 g/mol. The zero-order chi connectivity index (χ0) is 19.3. The predicted octanol–water partition coefficient (Wildman–Crippen LogP) is 5.22. The van der Waals surface area contributed by atoms with Crippen LogP contribution in [0.2, 0.25) is 0 Å². The third kappa shape index (κ3) is 3.69. The summed E-state index contributed by atoms with van der Waals surface area (Å²) in [5.41, 5.74) is 3.04. The highest BCUT2D eigenvalue weighted by atomic mass is 16.5. The standard InChI is InChI=1S/C23H19N3O2/c1-2-28-23(27)17-11-8-12-18(15-17)24-22-19-13-6-7-14-20(19)25-21(26-22)16-9-4-3-5-10-16/h3-15H,2H2,1H3,(H,24,25,26). The van der Waals surface area contributed by atoms with Crippen LogP contribution in [-0.4, -0.2) is 22.5 Å². The molecule has 0 saturated carbocycles. The molecule has 138 valence electrons. The van der Waals surface area contributed by atoms with Crippen LogP contribution in [0, 0.1) is 0 Å². The highest BCUT2D eigenvalue weighted by molar-refractivity contribution is 5.94. The fourth-order valence-electron chi connectivity index (χ4n) is 2.96. The van der Waals surface area contributed by atoms with Crippen LogP contribution in [0.1, 0.15) is 17.3 Å². The van der Waals surface area contributed by atoms with Gasteiger partial charge < -0.3 is 10.1 Å². The average Bonchev–Trinajstić information content (AvgIpc) is 2.75. The van der Waals surface area contributed by atoms with E-state index < -0.39 is 0 Å². The van der Waals surface area contributed by atoms with Crippen molar-refractivity contribution in [2.75, 3.05) is 11.9 Å². The lowest BCUT2D eigenvalue weighted by Crippen LogP contribution is -2.05. The maximum atomic E-state index is 12.0. The zero-order valence-electron chi connectivity index (χ0n) is 15.4. The Morgan fingerprint density at radius 1 is 0.929 bits per heavy atom. The van der Waals surface area contributed by atoms with Crippen molar-refractivity contribution in [3.05, 3.63) is 84.4 Å². The molecule has 0 amide bonds. The van der Waals surface area contributed by atoms with Crippen molar-refractivity contribution in [1.29, 1.82) is 0 Å². The third-order valence-corrected chi connectivity index (χ3v) is 4.27. The monoisotopic (exact) mass is 369 g/mol. The first-order chi connectivity index (χ1) is 13.7. The van der Waals surface area contributed by atoms with Crippen molar-refractivity contribution in [1.82, 2.24) is 9.97 Å². The lowest BCUT2D eigenvalue weighted by atomic mass is 10.1. The SMILES string of the molecule is CCOC(=O)c1cccc(Nc2nc(-c3ccccc3)nc3ccccc23)c1. The van der Waals surface area contributed by atoms with Gasteiger partial charge in [0.05, 0.1) is 17.7 Å². The summed E-state index contributed by atoms with van der Waals surface area (Å²) in [5, 5.41) is 4.24.